The summed E-state index contributed by atoms with van der Waals surface area (Å²) in [5.74, 6) is -2.31. The van der Waals surface area contributed by atoms with E-state index in [9.17, 15) is 32.9 Å². The van der Waals surface area contributed by atoms with Crippen LogP contribution in [0.15, 0.2) is 24.3 Å². The summed E-state index contributed by atoms with van der Waals surface area (Å²) in [5, 5.41) is 11.4. The number of hydroxylamine groups is 2. The van der Waals surface area contributed by atoms with Crippen LogP contribution in [0.2, 0.25) is 0 Å². The Hall–Kier alpha value is -2.89. The number of likely N-dealkylation sites (N-methyl/N-ethyl adjacent to an activating group) is 1. The number of halogens is 3. The average molecular weight is 391 g/mol. The molecule has 0 N–H and O–H groups in total. The van der Waals surface area contributed by atoms with Gasteiger partial charge < -0.3 is 14.5 Å². The van der Waals surface area contributed by atoms with Crippen LogP contribution in [0.5, 0.6) is 0 Å². The van der Waals surface area contributed by atoms with E-state index in [0.717, 1.165) is 5.06 Å². The van der Waals surface area contributed by atoms with Gasteiger partial charge in [-0.1, -0.05) is 0 Å². The summed E-state index contributed by atoms with van der Waals surface area (Å²) >= 11 is 0. The zero-order chi connectivity index (χ0) is 20.2. The number of ether oxygens (including phenoxy) is 1. The maximum absolute atomic E-state index is 12.2. The monoisotopic (exact) mass is 391 g/mol. The summed E-state index contributed by atoms with van der Waals surface area (Å²) < 4.78 is 41.7. The minimum Gasteiger partial charge on any atom is -0.445 e. The fourth-order valence-electron chi connectivity index (χ4n) is 2.39. The first-order valence-corrected chi connectivity index (χ1v) is 7.75. The number of non-ortho nitro benzene ring substituents is 1. The molecule has 1 heterocycles. The molecule has 1 aliphatic rings. The first-order chi connectivity index (χ1) is 12.6. The van der Waals surface area contributed by atoms with Crippen LogP contribution in [0.25, 0.3) is 0 Å². The first-order valence-electron chi connectivity index (χ1n) is 7.75. The Balaban J connectivity index is 1.81. The highest BCUT2D eigenvalue weighted by atomic mass is 19.4. The van der Waals surface area contributed by atoms with E-state index in [2.05, 4.69) is 4.84 Å². The van der Waals surface area contributed by atoms with Gasteiger partial charge in [-0.2, -0.15) is 13.2 Å². The van der Waals surface area contributed by atoms with Crippen LogP contribution in [0.3, 0.4) is 0 Å². The van der Waals surface area contributed by atoms with Gasteiger partial charge in [0.1, 0.15) is 6.61 Å². The second kappa shape index (κ2) is 8.20. The van der Waals surface area contributed by atoms with Crippen molar-refractivity contribution >= 4 is 17.7 Å². The minimum atomic E-state index is -5.09. The van der Waals surface area contributed by atoms with E-state index in [4.69, 9.17) is 4.74 Å². The van der Waals surface area contributed by atoms with Crippen molar-refractivity contribution in [3.63, 3.8) is 0 Å². The van der Waals surface area contributed by atoms with Gasteiger partial charge in [-0.15, -0.1) is 5.06 Å². The third-order valence-electron chi connectivity index (χ3n) is 3.91. The molecule has 0 spiro atoms. The molecule has 1 aromatic rings. The van der Waals surface area contributed by atoms with E-state index in [1.54, 1.807) is 0 Å². The van der Waals surface area contributed by atoms with E-state index in [0.29, 0.717) is 12.0 Å². The molecule has 1 saturated heterocycles. The third-order valence-corrected chi connectivity index (χ3v) is 3.91. The van der Waals surface area contributed by atoms with Gasteiger partial charge in [0.25, 0.3) is 5.69 Å². The summed E-state index contributed by atoms with van der Waals surface area (Å²) in [6, 6.07) is 4.95. The quantitative estimate of drug-likeness (QED) is 0.560. The van der Waals surface area contributed by atoms with Crippen molar-refractivity contribution in [2.75, 3.05) is 20.1 Å². The Kier molecular flexibility index (Phi) is 6.20. The molecule has 0 bridgehead atoms. The second-order valence-electron chi connectivity index (χ2n) is 5.80. The highest BCUT2D eigenvalue weighted by Gasteiger charge is 2.44. The standard InChI is InChI=1S/C15H16F3N3O6/c1-19(12-6-7-20(8-12)27-13(22)15(16,17)18)14(23)26-9-10-2-4-11(5-3-10)21(24)25/h2-5,12H,6-9H2,1H3/t12-/m0/s1. The molecule has 0 aliphatic carbocycles. The minimum absolute atomic E-state index is 0.0481. The number of amides is 1. The lowest BCUT2D eigenvalue weighted by Gasteiger charge is -2.24. The lowest BCUT2D eigenvalue weighted by atomic mass is 10.2. The largest absolute Gasteiger partial charge is 0.492 e. The Morgan fingerprint density at radius 1 is 1.33 bits per heavy atom. The second-order valence-corrected chi connectivity index (χ2v) is 5.80. The summed E-state index contributed by atoms with van der Waals surface area (Å²) in [4.78, 5) is 38.3. The molecule has 1 aromatic carbocycles. The van der Waals surface area contributed by atoms with E-state index in [1.165, 1.54) is 36.2 Å². The SMILES string of the molecule is CN(C(=O)OCc1ccc([N+](=O)[O-])cc1)[C@H]1CCN(OC(=O)C(F)(F)F)C1. The van der Waals surface area contributed by atoms with Gasteiger partial charge in [-0.3, -0.25) is 10.1 Å². The number of rotatable bonds is 5. The van der Waals surface area contributed by atoms with Crippen molar-refractivity contribution < 1.29 is 37.3 Å². The number of carbonyl (C=O) groups excluding carboxylic acids is 2. The van der Waals surface area contributed by atoms with Crippen molar-refractivity contribution in [1.82, 2.24) is 9.96 Å². The predicted octanol–water partition coefficient (Wildman–Crippen LogP) is 2.26. The van der Waals surface area contributed by atoms with Crippen molar-refractivity contribution in [1.29, 1.82) is 0 Å². The molecule has 0 aromatic heterocycles. The predicted molar refractivity (Wildman–Crippen MR) is 83.2 cm³/mol. The molecule has 2 rings (SSSR count). The van der Waals surface area contributed by atoms with Gasteiger partial charge in [0, 0.05) is 25.7 Å². The normalized spacial score (nSPS) is 17.4. The molecule has 9 nitrogen and oxygen atoms in total. The fourth-order valence-corrected chi connectivity index (χ4v) is 2.39. The molecule has 148 valence electrons. The molecule has 1 atom stereocenters. The lowest BCUT2D eigenvalue weighted by molar-refractivity contribution is -0.384. The topological polar surface area (TPSA) is 102 Å². The highest BCUT2D eigenvalue weighted by Crippen LogP contribution is 2.21. The molecule has 1 amide bonds. The summed E-state index contributed by atoms with van der Waals surface area (Å²) in [6.07, 6.45) is -5.51. The molecule has 0 saturated carbocycles. The lowest BCUT2D eigenvalue weighted by Crippen LogP contribution is -2.40. The smallest absolute Gasteiger partial charge is 0.445 e. The molecule has 1 aliphatic heterocycles. The molecule has 0 radical (unpaired) electrons. The molecule has 1 fully saturated rings. The zero-order valence-electron chi connectivity index (χ0n) is 14.1. The summed E-state index contributed by atoms with van der Waals surface area (Å²) in [6.45, 7) is -0.155. The van der Waals surface area contributed by atoms with Crippen molar-refractivity contribution in [3.05, 3.63) is 39.9 Å². The van der Waals surface area contributed by atoms with Crippen LogP contribution in [-0.4, -0.2) is 59.3 Å². The molecule has 0 unspecified atom stereocenters. The number of hydrogen-bond acceptors (Lipinski definition) is 7. The Labute approximate surface area is 151 Å². The van der Waals surface area contributed by atoms with Gasteiger partial charge in [0.15, 0.2) is 0 Å². The first kappa shape index (κ1) is 20.4. The Morgan fingerprint density at radius 2 is 1.96 bits per heavy atom. The average Bonchev–Trinajstić information content (AvgIpc) is 3.07. The van der Waals surface area contributed by atoms with Crippen LogP contribution < -0.4 is 0 Å². The van der Waals surface area contributed by atoms with E-state index in [-0.39, 0.29) is 25.4 Å². The van der Waals surface area contributed by atoms with E-state index >= 15 is 0 Å². The number of benzene rings is 1. The third kappa shape index (κ3) is 5.54. The van der Waals surface area contributed by atoms with Crippen molar-refractivity contribution in [2.45, 2.75) is 25.2 Å². The van der Waals surface area contributed by atoms with Gasteiger partial charge in [0.2, 0.25) is 0 Å². The van der Waals surface area contributed by atoms with Crippen LogP contribution in [-0.2, 0) is 21.0 Å². The van der Waals surface area contributed by atoms with Crippen LogP contribution >= 0.6 is 0 Å². The van der Waals surface area contributed by atoms with Crippen molar-refractivity contribution in [2.24, 2.45) is 0 Å². The highest BCUT2D eigenvalue weighted by molar-refractivity contribution is 5.75. The number of hydrogen-bond donors (Lipinski definition) is 0. The number of nitro groups is 1. The van der Waals surface area contributed by atoms with Gasteiger partial charge in [-0.05, 0) is 24.1 Å². The number of alkyl halides is 3. The van der Waals surface area contributed by atoms with Gasteiger partial charge in [0.05, 0.1) is 17.5 Å². The van der Waals surface area contributed by atoms with Crippen LogP contribution in [0.1, 0.15) is 12.0 Å². The number of nitrogens with zero attached hydrogens (tertiary/aromatic N) is 3. The maximum atomic E-state index is 12.2. The molecule has 27 heavy (non-hydrogen) atoms. The zero-order valence-corrected chi connectivity index (χ0v) is 14.1. The number of carbonyl (C=O) groups is 2. The van der Waals surface area contributed by atoms with Crippen LogP contribution in [0.4, 0.5) is 23.7 Å². The fraction of sp³-hybridized carbons (Fsp3) is 0.467. The Bertz CT molecular complexity index is 710. The van der Waals surface area contributed by atoms with E-state index in [1.807, 2.05) is 0 Å². The molecule has 12 heteroatoms. The van der Waals surface area contributed by atoms with Gasteiger partial charge >= 0.3 is 18.2 Å². The van der Waals surface area contributed by atoms with Crippen molar-refractivity contribution in [3.8, 4) is 0 Å². The molecular weight excluding hydrogens is 375 g/mol. The maximum Gasteiger partial charge on any atom is 0.492 e. The Morgan fingerprint density at radius 3 is 2.52 bits per heavy atom. The summed E-state index contributed by atoms with van der Waals surface area (Å²) in [5.41, 5.74) is 0.441. The summed E-state index contributed by atoms with van der Waals surface area (Å²) in [7, 11) is 1.41. The van der Waals surface area contributed by atoms with Crippen LogP contribution in [0, 0.1) is 10.1 Å². The van der Waals surface area contributed by atoms with E-state index < -0.39 is 29.2 Å². The number of nitro benzene ring substituents is 1. The van der Waals surface area contributed by atoms with Gasteiger partial charge in [-0.25, -0.2) is 9.59 Å². The molecular formula is C15H16F3N3O6.